The Morgan fingerprint density at radius 1 is 1.21 bits per heavy atom. The Kier molecular flexibility index (Phi) is 4.10. The fourth-order valence-electron chi connectivity index (χ4n) is 1.61. The van der Waals surface area contributed by atoms with Crippen molar-refractivity contribution >= 4 is 5.91 Å². The van der Waals surface area contributed by atoms with Crippen molar-refractivity contribution in [3.05, 3.63) is 69.8 Å². The molecule has 1 heterocycles. The standard InChI is InChI=1S/C14H13NO4/c16-8-11-3-1-2-10(6-11)7-15-14(18)12-4-5-13(17)19-9-12/h1-6,9,16H,7-8H2,(H,15,18). The molecule has 0 unspecified atom stereocenters. The highest BCUT2D eigenvalue weighted by atomic mass is 16.4. The molecule has 2 aromatic rings. The second-order valence-corrected chi connectivity index (χ2v) is 4.00. The maximum atomic E-state index is 11.8. The second kappa shape index (κ2) is 5.97. The largest absolute Gasteiger partial charge is 0.430 e. The van der Waals surface area contributed by atoms with Gasteiger partial charge in [-0.25, -0.2) is 4.79 Å². The summed E-state index contributed by atoms with van der Waals surface area (Å²) in [6.45, 7) is 0.303. The molecule has 1 amide bonds. The molecule has 0 aliphatic rings. The van der Waals surface area contributed by atoms with Gasteiger partial charge < -0.3 is 14.8 Å². The van der Waals surface area contributed by atoms with Crippen LogP contribution in [-0.4, -0.2) is 11.0 Å². The van der Waals surface area contributed by atoms with Crippen LogP contribution in [0.2, 0.25) is 0 Å². The minimum atomic E-state index is -0.493. The van der Waals surface area contributed by atoms with E-state index in [1.807, 2.05) is 18.2 Å². The highest BCUT2D eigenvalue weighted by molar-refractivity contribution is 5.93. The van der Waals surface area contributed by atoms with Crippen LogP contribution in [0.25, 0.3) is 0 Å². The fraction of sp³-hybridized carbons (Fsp3) is 0.143. The van der Waals surface area contributed by atoms with E-state index < -0.39 is 5.63 Å². The van der Waals surface area contributed by atoms with Crippen molar-refractivity contribution in [2.24, 2.45) is 0 Å². The first-order valence-corrected chi connectivity index (χ1v) is 5.75. The third-order valence-electron chi connectivity index (χ3n) is 2.59. The number of hydrogen-bond donors (Lipinski definition) is 2. The van der Waals surface area contributed by atoms with Crippen LogP contribution >= 0.6 is 0 Å². The number of rotatable bonds is 4. The van der Waals surface area contributed by atoms with Gasteiger partial charge in [-0.15, -0.1) is 0 Å². The summed E-state index contributed by atoms with van der Waals surface area (Å²) in [5, 5.41) is 11.7. The second-order valence-electron chi connectivity index (χ2n) is 4.00. The summed E-state index contributed by atoms with van der Waals surface area (Å²) in [6, 6.07) is 9.88. The first-order chi connectivity index (χ1) is 9.19. The van der Waals surface area contributed by atoms with Gasteiger partial charge in [0.25, 0.3) is 5.91 Å². The summed E-state index contributed by atoms with van der Waals surface area (Å²) in [4.78, 5) is 22.5. The number of aliphatic hydroxyl groups excluding tert-OH is 1. The minimum Gasteiger partial charge on any atom is -0.430 e. The normalized spacial score (nSPS) is 10.2. The maximum absolute atomic E-state index is 11.8. The summed E-state index contributed by atoms with van der Waals surface area (Å²) in [5.41, 5.74) is 1.47. The Morgan fingerprint density at radius 2 is 2.00 bits per heavy atom. The van der Waals surface area contributed by atoms with Gasteiger partial charge in [0.1, 0.15) is 6.26 Å². The Labute approximate surface area is 109 Å². The lowest BCUT2D eigenvalue weighted by molar-refractivity contribution is 0.0948. The van der Waals surface area contributed by atoms with E-state index in [0.29, 0.717) is 6.54 Å². The first-order valence-electron chi connectivity index (χ1n) is 5.75. The summed E-state index contributed by atoms with van der Waals surface area (Å²) in [6.07, 6.45) is 1.13. The van der Waals surface area contributed by atoms with Gasteiger partial charge in [0.05, 0.1) is 12.2 Å². The molecule has 19 heavy (non-hydrogen) atoms. The molecule has 1 aromatic carbocycles. The fourth-order valence-corrected chi connectivity index (χ4v) is 1.61. The summed E-state index contributed by atoms with van der Waals surface area (Å²) < 4.78 is 4.62. The van der Waals surface area contributed by atoms with Crippen LogP contribution in [0, 0.1) is 0 Å². The van der Waals surface area contributed by atoms with Crippen molar-refractivity contribution in [1.82, 2.24) is 5.32 Å². The van der Waals surface area contributed by atoms with Gasteiger partial charge in [-0.2, -0.15) is 0 Å². The molecule has 5 nitrogen and oxygen atoms in total. The van der Waals surface area contributed by atoms with E-state index in [1.54, 1.807) is 6.07 Å². The first kappa shape index (κ1) is 13.0. The number of nitrogens with one attached hydrogen (secondary N) is 1. The van der Waals surface area contributed by atoms with E-state index in [0.717, 1.165) is 17.4 Å². The molecule has 0 radical (unpaired) electrons. The predicted octanol–water partition coefficient (Wildman–Crippen LogP) is 1.06. The van der Waals surface area contributed by atoms with E-state index in [1.165, 1.54) is 12.1 Å². The van der Waals surface area contributed by atoms with Crippen molar-refractivity contribution in [2.75, 3.05) is 0 Å². The molecule has 0 aliphatic heterocycles. The van der Waals surface area contributed by atoms with Gasteiger partial charge >= 0.3 is 5.63 Å². The number of hydrogen-bond acceptors (Lipinski definition) is 4. The zero-order valence-corrected chi connectivity index (χ0v) is 10.1. The van der Waals surface area contributed by atoms with Crippen LogP contribution in [0.1, 0.15) is 21.5 Å². The van der Waals surface area contributed by atoms with Gasteiger partial charge in [-0.1, -0.05) is 24.3 Å². The minimum absolute atomic E-state index is 0.0361. The number of benzene rings is 1. The van der Waals surface area contributed by atoms with Gasteiger partial charge in [-0.05, 0) is 17.2 Å². The molecule has 0 saturated carbocycles. The molecule has 0 atom stereocenters. The van der Waals surface area contributed by atoms with E-state index >= 15 is 0 Å². The molecule has 98 valence electrons. The van der Waals surface area contributed by atoms with Crippen molar-refractivity contribution in [3.63, 3.8) is 0 Å². The van der Waals surface area contributed by atoms with E-state index in [9.17, 15) is 9.59 Å². The number of carbonyl (C=O) groups excluding carboxylic acids is 1. The Morgan fingerprint density at radius 3 is 2.68 bits per heavy atom. The third kappa shape index (κ3) is 3.53. The van der Waals surface area contributed by atoms with Gasteiger partial charge in [0, 0.05) is 12.6 Å². The van der Waals surface area contributed by atoms with Crippen molar-refractivity contribution in [2.45, 2.75) is 13.2 Å². The smallest absolute Gasteiger partial charge is 0.335 e. The van der Waals surface area contributed by atoms with E-state index in [4.69, 9.17) is 5.11 Å². The highest BCUT2D eigenvalue weighted by Gasteiger charge is 2.06. The van der Waals surface area contributed by atoms with Crippen LogP contribution in [0.15, 0.2) is 51.9 Å². The molecule has 0 bridgehead atoms. The molecule has 2 N–H and O–H groups in total. The molecule has 0 spiro atoms. The highest BCUT2D eigenvalue weighted by Crippen LogP contribution is 2.05. The molecular weight excluding hydrogens is 246 g/mol. The van der Waals surface area contributed by atoms with Crippen molar-refractivity contribution in [1.29, 1.82) is 0 Å². The zero-order valence-electron chi connectivity index (χ0n) is 10.1. The Hall–Kier alpha value is -2.40. The summed E-state index contributed by atoms with van der Waals surface area (Å²) in [5.74, 6) is -0.321. The Balaban J connectivity index is 2.00. The van der Waals surface area contributed by atoms with E-state index in [2.05, 4.69) is 9.73 Å². The van der Waals surface area contributed by atoms with Crippen LogP contribution in [-0.2, 0) is 13.2 Å². The third-order valence-corrected chi connectivity index (χ3v) is 2.59. The zero-order chi connectivity index (χ0) is 13.7. The van der Waals surface area contributed by atoms with Gasteiger partial charge in [0.15, 0.2) is 0 Å². The average molecular weight is 259 g/mol. The predicted molar refractivity (Wildman–Crippen MR) is 68.5 cm³/mol. The summed E-state index contributed by atoms with van der Waals surface area (Å²) in [7, 11) is 0. The van der Waals surface area contributed by atoms with E-state index in [-0.39, 0.29) is 18.1 Å². The molecule has 5 heteroatoms. The van der Waals surface area contributed by atoms with Gasteiger partial charge in [0.2, 0.25) is 0 Å². The lowest BCUT2D eigenvalue weighted by atomic mass is 10.1. The number of amides is 1. The van der Waals surface area contributed by atoms with Gasteiger partial charge in [-0.3, -0.25) is 4.79 Å². The molecular formula is C14H13NO4. The number of carbonyl (C=O) groups is 1. The molecule has 1 aromatic heterocycles. The van der Waals surface area contributed by atoms with Crippen molar-refractivity contribution < 1.29 is 14.3 Å². The molecule has 0 aliphatic carbocycles. The monoisotopic (exact) mass is 259 g/mol. The SMILES string of the molecule is O=C(NCc1cccc(CO)c1)c1ccc(=O)oc1. The van der Waals surface area contributed by atoms with Crippen molar-refractivity contribution in [3.8, 4) is 0 Å². The molecule has 0 saturated heterocycles. The van der Waals surface area contributed by atoms with Crippen LogP contribution in [0.3, 0.4) is 0 Å². The summed E-state index contributed by atoms with van der Waals surface area (Å²) >= 11 is 0. The van der Waals surface area contributed by atoms with Crippen LogP contribution < -0.4 is 10.9 Å². The number of aliphatic hydroxyl groups is 1. The van der Waals surface area contributed by atoms with Crippen LogP contribution in [0.4, 0.5) is 0 Å². The lowest BCUT2D eigenvalue weighted by Crippen LogP contribution is -2.23. The lowest BCUT2D eigenvalue weighted by Gasteiger charge is -2.06. The quantitative estimate of drug-likeness (QED) is 0.860. The average Bonchev–Trinajstić information content (AvgIpc) is 2.46. The topological polar surface area (TPSA) is 79.5 Å². The van der Waals surface area contributed by atoms with Crippen LogP contribution in [0.5, 0.6) is 0 Å². The molecule has 2 rings (SSSR count). The Bertz CT molecular complexity index is 613. The maximum Gasteiger partial charge on any atom is 0.335 e. The molecule has 0 fully saturated rings.